The third kappa shape index (κ3) is 3.67. The van der Waals surface area contributed by atoms with Gasteiger partial charge in [-0.25, -0.2) is 13.4 Å². The highest BCUT2D eigenvalue weighted by molar-refractivity contribution is 7.92. The molecule has 0 radical (unpaired) electrons. The first-order chi connectivity index (χ1) is 16.4. The summed E-state index contributed by atoms with van der Waals surface area (Å²) < 4.78 is 33.5. The third-order valence-electron chi connectivity index (χ3n) is 5.75. The van der Waals surface area contributed by atoms with Crippen molar-refractivity contribution in [3.63, 3.8) is 0 Å². The van der Waals surface area contributed by atoms with E-state index in [0.29, 0.717) is 35.2 Å². The monoisotopic (exact) mass is 476 g/mol. The molecule has 34 heavy (non-hydrogen) atoms. The van der Waals surface area contributed by atoms with Crippen LogP contribution in [0.5, 0.6) is 5.75 Å². The van der Waals surface area contributed by atoms with Crippen molar-refractivity contribution in [2.45, 2.75) is 11.3 Å². The highest BCUT2D eigenvalue weighted by atomic mass is 32.2. The summed E-state index contributed by atoms with van der Waals surface area (Å²) in [5.74, 6) is -0.353. The van der Waals surface area contributed by atoms with Crippen LogP contribution < -0.4 is 19.9 Å². The van der Waals surface area contributed by atoms with Crippen molar-refractivity contribution in [1.82, 2.24) is 9.97 Å². The van der Waals surface area contributed by atoms with Gasteiger partial charge >= 0.3 is 0 Å². The van der Waals surface area contributed by atoms with Crippen LogP contribution in [0.15, 0.2) is 76.7 Å². The number of H-pyrrole nitrogens is 1. The Labute approximate surface area is 195 Å². The lowest BCUT2D eigenvalue weighted by Gasteiger charge is -2.20. The van der Waals surface area contributed by atoms with Crippen LogP contribution in [0.25, 0.3) is 10.9 Å². The highest BCUT2D eigenvalue weighted by Gasteiger charge is 2.31. The van der Waals surface area contributed by atoms with Gasteiger partial charge in [0.2, 0.25) is 0 Å². The zero-order chi connectivity index (χ0) is 23.9. The molecule has 10 heteroatoms. The predicted molar refractivity (Wildman–Crippen MR) is 128 cm³/mol. The predicted octanol–water partition coefficient (Wildman–Crippen LogP) is 2.94. The number of nitrogens with one attached hydrogen (secondary N) is 2. The molecule has 1 aliphatic rings. The zero-order valence-electron chi connectivity index (χ0n) is 18.1. The summed E-state index contributed by atoms with van der Waals surface area (Å²) in [6, 6.07) is 16.3. The fourth-order valence-electron chi connectivity index (χ4n) is 4.05. The first-order valence-corrected chi connectivity index (χ1v) is 11.9. The first-order valence-electron chi connectivity index (χ1n) is 10.5. The number of methoxy groups -OCH3 is 1. The number of aromatic amines is 1. The number of para-hydroxylation sites is 1. The quantitative estimate of drug-likeness (QED) is 0.457. The molecular weight excluding hydrogens is 456 g/mol. The Balaban J connectivity index is 1.50. The molecular formula is C24H20N4O5S. The van der Waals surface area contributed by atoms with Crippen molar-refractivity contribution in [2.24, 2.45) is 0 Å². The molecule has 0 spiro atoms. The van der Waals surface area contributed by atoms with E-state index in [1.54, 1.807) is 24.3 Å². The smallest absolute Gasteiger partial charge is 0.264 e. The first kappa shape index (κ1) is 21.7. The number of hydrogen-bond donors (Lipinski definition) is 2. The maximum atomic E-state index is 13.4. The Morgan fingerprint density at radius 2 is 1.94 bits per heavy atom. The number of aromatic nitrogens is 2. The number of benzene rings is 3. The minimum atomic E-state index is -3.90. The fraction of sp³-hybridized carbons (Fsp3) is 0.125. The standard InChI is InChI=1S/C24H20N4O5S/c1-33-22-9-7-17(34(31,32)28-11-10-15-4-2-3-5-21(15)28)13-19(22)24(30)27-16-6-8-20-18(12-16)23(29)26-14-25-20/h2-9,12-14H,10-11H2,1H3,(H,27,30)(H,25,26,29). The Morgan fingerprint density at radius 3 is 2.76 bits per heavy atom. The van der Waals surface area contributed by atoms with Crippen LogP contribution in [0.1, 0.15) is 15.9 Å². The number of ether oxygens (including phenoxy) is 1. The average Bonchev–Trinajstić information content (AvgIpc) is 3.29. The molecule has 1 aliphatic heterocycles. The molecule has 0 unspecified atom stereocenters. The Kier molecular flexibility index (Phi) is 5.29. The van der Waals surface area contributed by atoms with Crippen molar-refractivity contribution in [3.05, 3.63) is 88.5 Å². The van der Waals surface area contributed by atoms with Crippen LogP contribution >= 0.6 is 0 Å². The number of hydrogen-bond acceptors (Lipinski definition) is 6. The van der Waals surface area contributed by atoms with Crippen LogP contribution in [0, 0.1) is 0 Å². The van der Waals surface area contributed by atoms with E-state index in [9.17, 15) is 18.0 Å². The zero-order valence-corrected chi connectivity index (χ0v) is 18.9. The lowest BCUT2D eigenvalue weighted by molar-refractivity contribution is 0.102. The van der Waals surface area contributed by atoms with Crippen LogP contribution in [0.2, 0.25) is 0 Å². The molecule has 0 bridgehead atoms. The highest BCUT2D eigenvalue weighted by Crippen LogP contribution is 2.34. The lowest BCUT2D eigenvalue weighted by atomic mass is 10.1. The maximum Gasteiger partial charge on any atom is 0.264 e. The molecule has 4 aromatic rings. The normalized spacial score (nSPS) is 13.0. The van der Waals surface area contributed by atoms with Gasteiger partial charge in [-0.3, -0.25) is 13.9 Å². The average molecular weight is 477 g/mol. The van der Waals surface area contributed by atoms with E-state index in [0.717, 1.165) is 5.56 Å². The van der Waals surface area contributed by atoms with Gasteiger partial charge in [-0.15, -0.1) is 0 Å². The van der Waals surface area contributed by atoms with E-state index >= 15 is 0 Å². The summed E-state index contributed by atoms with van der Waals surface area (Å²) in [4.78, 5) is 31.7. The van der Waals surface area contributed by atoms with E-state index in [1.807, 2.05) is 12.1 Å². The van der Waals surface area contributed by atoms with Crippen molar-refractivity contribution < 1.29 is 17.9 Å². The number of sulfonamides is 1. The van der Waals surface area contributed by atoms with Gasteiger partial charge in [0.1, 0.15) is 5.75 Å². The summed E-state index contributed by atoms with van der Waals surface area (Å²) >= 11 is 0. The number of carbonyl (C=O) groups excluding carboxylic acids is 1. The number of fused-ring (bicyclic) bond motifs is 2. The third-order valence-corrected chi connectivity index (χ3v) is 7.56. The molecule has 0 fully saturated rings. The molecule has 0 aliphatic carbocycles. The van der Waals surface area contributed by atoms with Gasteiger partial charge in [-0.1, -0.05) is 18.2 Å². The number of carbonyl (C=O) groups is 1. The van der Waals surface area contributed by atoms with E-state index < -0.39 is 15.9 Å². The Morgan fingerprint density at radius 1 is 1.12 bits per heavy atom. The van der Waals surface area contributed by atoms with Gasteiger partial charge in [0.05, 0.1) is 40.5 Å². The molecule has 0 saturated heterocycles. The van der Waals surface area contributed by atoms with Crippen LogP contribution in [-0.4, -0.2) is 37.9 Å². The number of rotatable bonds is 5. The molecule has 1 amide bonds. The largest absolute Gasteiger partial charge is 0.496 e. The molecule has 3 aromatic carbocycles. The fourth-order valence-corrected chi connectivity index (χ4v) is 5.58. The van der Waals surface area contributed by atoms with Crippen molar-refractivity contribution in [2.75, 3.05) is 23.3 Å². The van der Waals surface area contributed by atoms with Gasteiger partial charge in [0.25, 0.3) is 21.5 Å². The minimum Gasteiger partial charge on any atom is -0.496 e. The van der Waals surface area contributed by atoms with Crippen molar-refractivity contribution in [3.8, 4) is 5.75 Å². The minimum absolute atomic E-state index is 0.0192. The van der Waals surface area contributed by atoms with Gasteiger partial charge < -0.3 is 15.0 Å². The molecule has 172 valence electrons. The van der Waals surface area contributed by atoms with Crippen molar-refractivity contribution >= 4 is 38.2 Å². The summed E-state index contributed by atoms with van der Waals surface area (Å²) in [6.45, 7) is 0.328. The second-order valence-electron chi connectivity index (χ2n) is 7.74. The summed E-state index contributed by atoms with van der Waals surface area (Å²) in [5, 5.41) is 3.02. The van der Waals surface area contributed by atoms with Crippen LogP contribution in [0.4, 0.5) is 11.4 Å². The van der Waals surface area contributed by atoms with E-state index in [2.05, 4.69) is 15.3 Å². The van der Waals surface area contributed by atoms with Gasteiger partial charge in [0, 0.05) is 12.2 Å². The summed E-state index contributed by atoms with van der Waals surface area (Å²) in [5.41, 5.74) is 2.16. The van der Waals surface area contributed by atoms with Crippen molar-refractivity contribution in [1.29, 1.82) is 0 Å². The van der Waals surface area contributed by atoms with Crippen LogP contribution in [0.3, 0.4) is 0 Å². The van der Waals surface area contributed by atoms with Gasteiger partial charge in [-0.05, 0) is 54.4 Å². The van der Waals surface area contributed by atoms with E-state index in [4.69, 9.17) is 4.74 Å². The van der Waals surface area contributed by atoms with Gasteiger partial charge in [-0.2, -0.15) is 0 Å². The number of amides is 1. The SMILES string of the molecule is COc1ccc(S(=O)(=O)N2CCc3ccccc32)cc1C(=O)Nc1ccc2nc[nH]c(=O)c2c1. The topological polar surface area (TPSA) is 121 Å². The number of nitrogens with zero attached hydrogens (tertiary/aromatic N) is 2. The molecule has 0 saturated carbocycles. The van der Waals surface area contributed by atoms with Crippen LogP contribution in [-0.2, 0) is 16.4 Å². The summed E-state index contributed by atoms with van der Waals surface area (Å²) in [6.07, 6.45) is 1.92. The van der Waals surface area contributed by atoms with E-state index in [-0.39, 0.29) is 21.8 Å². The molecule has 1 aromatic heterocycles. The second kappa shape index (κ2) is 8.31. The molecule has 2 N–H and O–H groups in total. The maximum absolute atomic E-state index is 13.4. The molecule has 0 atom stereocenters. The van der Waals surface area contributed by atoms with Gasteiger partial charge in [0.15, 0.2) is 0 Å². The van der Waals surface area contributed by atoms with E-state index in [1.165, 1.54) is 42.0 Å². The molecule has 5 rings (SSSR count). The Hall–Kier alpha value is -4.18. The number of anilines is 2. The summed E-state index contributed by atoms with van der Waals surface area (Å²) in [7, 11) is -2.50. The Bertz CT molecular complexity index is 1600. The molecule has 2 heterocycles. The molecule has 9 nitrogen and oxygen atoms in total. The second-order valence-corrected chi connectivity index (χ2v) is 9.60. The lowest BCUT2D eigenvalue weighted by Crippen LogP contribution is -2.29.